The second-order valence-electron chi connectivity index (χ2n) is 5.37. The molecule has 0 spiro atoms. The minimum Gasteiger partial charge on any atom is -0.360 e. The van der Waals surface area contributed by atoms with Crippen molar-refractivity contribution in [3.63, 3.8) is 0 Å². The molecule has 7 nitrogen and oxygen atoms in total. The maximum absolute atomic E-state index is 12.2. The van der Waals surface area contributed by atoms with Crippen molar-refractivity contribution in [2.24, 2.45) is 0 Å². The molecule has 0 bridgehead atoms. The summed E-state index contributed by atoms with van der Waals surface area (Å²) in [6, 6.07) is 13.0. The van der Waals surface area contributed by atoms with Gasteiger partial charge in [-0.1, -0.05) is 12.1 Å². The van der Waals surface area contributed by atoms with E-state index in [1.54, 1.807) is 0 Å². The summed E-state index contributed by atoms with van der Waals surface area (Å²) in [6.45, 7) is 3.95. The standard InChI is InChI=1S/C18H16N4O3/c1-12-6-7-15(8-13(12)2)20-11-14(10-19)18(23)21-16-4-3-5-17(9-16)22(24)25/h3-9,11,20H,1-2H3,(H,21,23)/b14-11-. The summed E-state index contributed by atoms with van der Waals surface area (Å²) in [5.74, 6) is -0.653. The van der Waals surface area contributed by atoms with E-state index in [1.165, 1.54) is 30.5 Å². The molecule has 0 aromatic heterocycles. The molecule has 2 aromatic carbocycles. The number of nitro benzene ring substituents is 1. The first kappa shape index (κ1) is 17.7. The van der Waals surface area contributed by atoms with Crippen molar-refractivity contribution < 1.29 is 9.72 Å². The Morgan fingerprint density at radius 1 is 1.16 bits per heavy atom. The highest BCUT2D eigenvalue weighted by Gasteiger charge is 2.12. The number of rotatable bonds is 5. The van der Waals surface area contributed by atoms with Gasteiger partial charge >= 0.3 is 0 Å². The smallest absolute Gasteiger partial charge is 0.271 e. The summed E-state index contributed by atoms with van der Waals surface area (Å²) in [4.78, 5) is 22.4. The van der Waals surface area contributed by atoms with Crippen LogP contribution in [0.1, 0.15) is 11.1 Å². The fourth-order valence-corrected chi connectivity index (χ4v) is 2.03. The van der Waals surface area contributed by atoms with Gasteiger partial charge in [0.05, 0.1) is 4.92 Å². The summed E-state index contributed by atoms with van der Waals surface area (Å²) >= 11 is 0. The second kappa shape index (κ2) is 7.75. The van der Waals surface area contributed by atoms with E-state index in [-0.39, 0.29) is 16.9 Å². The minimum absolute atomic E-state index is 0.145. The van der Waals surface area contributed by atoms with E-state index in [9.17, 15) is 14.9 Å². The molecule has 7 heteroatoms. The SMILES string of the molecule is Cc1ccc(N/C=C(/C#N)C(=O)Nc2cccc([N+](=O)[O-])c2)cc1C. The van der Waals surface area contributed by atoms with Gasteiger partial charge in [-0.2, -0.15) is 5.26 Å². The van der Waals surface area contributed by atoms with Crippen molar-refractivity contribution in [1.29, 1.82) is 5.26 Å². The lowest BCUT2D eigenvalue weighted by molar-refractivity contribution is -0.384. The summed E-state index contributed by atoms with van der Waals surface area (Å²) in [6.07, 6.45) is 1.30. The van der Waals surface area contributed by atoms with Gasteiger partial charge in [-0.05, 0) is 43.2 Å². The van der Waals surface area contributed by atoms with Crippen LogP contribution in [0.25, 0.3) is 0 Å². The number of amides is 1. The van der Waals surface area contributed by atoms with E-state index in [0.29, 0.717) is 0 Å². The molecule has 126 valence electrons. The number of nitro groups is 1. The number of anilines is 2. The van der Waals surface area contributed by atoms with Crippen molar-refractivity contribution in [2.75, 3.05) is 10.6 Å². The Hall–Kier alpha value is -3.66. The van der Waals surface area contributed by atoms with Gasteiger partial charge in [0, 0.05) is 29.7 Å². The van der Waals surface area contributed by atoms with Crippen LogP contribution >= 0.6 is 0 Å². The molecule has 2 rings (SSSR count). The van der Waals surface area contributed by atoms with E-state index < -0.39 is 10.8 Å². The Morgan fingerprint density at radius 3 is 2.56 bits per heavy atom. The van der Waals surface area contributed by atoms with Crippen LogP contribution in [0, 0.1) is 35.3 Å². The van der Waals surface area contributed by atoms with Gasteiger partial charge in [-0.3, -0.25) is 14.9 Å². The molecule has 0 fully saturated rings. The lowest BCUT2D eigenvalue weighted by Gasteiger charge is -2.07. The molecule has 2 aromatic rings. The predicted octanol–water partition coefficient (Wildman–Crippen LogP) is 3.67. The first-order chi connectivity index (χ1) is 11.9. The zero-order chi connectivity index (χ0) is 18.4. The average molecular weight is 336 g/mol. The van der Waals surface area contributed by atoms with Crippen LogP contribution in [0.3, 0.4) is 0 Å². The first-order valence-electron chi connectivity index (χ1n) is 7.40. The van der Waals surface area contributed by atoms with Gasteiger partial charge in [0.15, 0.2) is 0 Å². The van der Waals surface area contributed by atoms with Crippen LogP contribution < -0.4 is 10.6 Å². The Morgan fingerprint density at radius 2 is 1.92 bits per heavy atom. The van der Waals surface area contributed by atoms with E-state index in [4.69, 9.17) is 5.26 Å². The minimum atomic E-state index is -0.653. The molecule has 0 radical (unpaired) electrons. The van der Waals surface area contributed by atoms with Crippen LogP contribution in [0.4, 0.5) is 17.1 Å². The number of carbonyl (C=O) groups is 1. The maximum Gasteiger partial charge on any atom is 0.271 e. The largest absolute Gasteiger partial charge is 0.360 e. The monoisotopic (exact) mass is 336 g/mol. The Balaban J connectivity index is 2.12. The maximum atomic E-state index is 12.2. The summed E-state index contributed by atoms with van der Waals surface area (Å²) in [5.41, 5.74) is 2.92. The third-order valence-electron chi connectivity index (χ3n) is 3.57. The number of nitrogens with zero attached hydrogens (tertiary/aromatic N) is 2. The van der Waals surface area contributed by atoms with Crippen LogP contribution in [0.15, 0.2) is 54.2 Å². The Labute approximate surface area is 144 Å². The van der Waals surface area contributed by atoms with Crippen LogP contribution in [-0.4, -0.2) is 10.8 Å². The zero-order valence-electron chi connectivity index (χ0n) is 13.7. The van der Waals surface area contributed by atoms with Crippen LogP contribution in [-0.2, 0) is 4.79 Å². The second-order valence-corrected chi connectivity index (χ2v) is 5.37. The van der Waals surface area contributed by atoms with Crippen molar-refractivity contribution >= 4 is 23.0 Å². The highest BCUT2D eigenvalue weighted by Crippen LogP contribution is 2.18. The number of nitrogens with one attached hydrogen (secondary N) is 2. The van der Waals surface area contributed by atoms with Gasteiger partial charge in [0.25, 0.3) is 11.6 Å². The number of benzene rings is 2. The summed E-state index contributed by atoms with van der Waals surface area (Å²) in [7, 11) is 0. The summed E-state index contributed by atoms with van der Waals surface area (Å²) < 4.78 is 0. The molecule has 0 unspecified atom stereocenters. The Kier molecular flexibility index (Phi) is 5.48. The molecule has 1 amide bonds. The molecule has 0 atom stereocenters. The molecule has 0 aliphatic heterocycles. The molecule has 25 heavy (non-hydrogen) atoms. The van der Waals surface area contributed by atoms with Gasteiger partial charge in [0.2, 0.25) is 0 Å². The number of carbonyl (C=O) groups excluding carboxylic acids is 1. The quantitative estimate of drug-likeness (QED) is 0.375. The fraction of sp³-hybridized carbons (Fsp3) is 0.111. The average Bonchev–Trinajstić information content (AvgIpc) is 2.58. The number of aryl methyl sites for hydroxylation is 2. The highest BCUT2D eigenvalue weighted by atomic mass is 16.6. The molecule has 0 aliphatic rings. The zero-order valence-corrected chi connectivity index (χ0v) is 13.7. The van der Waals surface area contributed by atoms with E-state index in [0.717, 1.165) is 16.8 Å². The number of non-ortho nitro benzene ring substituents is 1. The number of nitriles is 1. The van der Waals surface area contributed by atoms with Crippen molar-refractivity contribution in [3.05, 3.63) is 75.5 Å². The lowest BCUT2D eigenvalue weighted by atomic mass is 10.1. The lowest BCUT2D eigenvalue weighted by Crippen LogP contribution is -2.14. The van der Waals surface area contributed by atoms with Crippen LogP contribution in [0.5, 0.6) is 0 Å². The normalized spacial score (nSPS) is 10.7. The molecule has 2 N–H and O–H groups in total. The highest BCUT2D eigenvalue weighted by molar-refractivity contribution is 6.06. The molecule has 0 heterocycles. The van der Waals surface area contributed by atoms with Crippen molar-refractivity contribution in [2.45, 2.75) is 13.8 Å². The van der Waals surface area contributed by atoms with Gasteiger partial charge in [0.1, 0.15) is 11.6 Å². The first-order valence-corrected chi connectivity index (χ1v) is 7.40. The molecule has 0 saturated heterocycles. The van der Waals surface area contributed by atoms with Gasteiger partial charge < -0.3 is 10.6 Å². The van der Waals surface area contributed by atoms with Gasteiger partial charge in [-0.15, -0.1) is 0 Å². The van der Waals surface area contributed by atoms with E-state index >= 15 is 0 Å². The molecule has 0 aliphatic carbocycles. The number of hydrogen-bond donors (Lipinski definition) is 2. The molecular formula is C18H16N4O3. The van der Waals surface area contributed by atoms with Crippen LogP contribution in [0.2, 0.25) is 0 Å². The third-order valence-corrected chi connectivity index (χ3v) is 3.57. The number of hydrogen-bond acceptors (Lipinski definition) is 5. The molecular weight excluding hydrogens is 320 g/mol. The molecule has 0 saturated carbocycles. The van der Waals surface area contributed by atoms with E-state index in [2.05, 4.69) is 10.6 Å². The van der Waals surface area contributed by atoms with Gasteiger partial charge in [-0.25, -0.2) is 0 Å². The third kappa shape index (κ3) is 4.65. The van der Waals surface area contributed by atoms with E-state index in [1.807, 2.05) is 38.1 Å². The predicted molar refractivity (Wildman–Crippen MR) is 95.0 cm³/mol. The fourth-order valence-electron chi connectivity index (χ4n) is 2.03. The van der Waals surface area contributed by atoms with Crippen molar-refractivity contribution in [1.82, 2.24) is 0 Å². The summed E-state index contributed by atoms with van der Waals surface area (Å²) in [5, 5.41) is 25.3. The van der Waals surface area contributed by atoms with Crippen molar-refractivity contribution in [3.8, 4) is 6.07 Å². The topological polar surface area (TPSA) is 108 Å². The Bertz CT molecular complexity index is 897.